The molecule has 0 amide bonds. The van der Waals surface area contributed by atoms with Crippen LogP contribution >= 0.6 is 0 Å². The van der Waals surface area contributed by atoms with E-state index in [1.165, 1.54) is 11.1 Å². The second-order valence-corrected chi connectivity index (χ2v) is 3.94. The van der Waals surface area contributed by atoms with Gasteiger partial charge in [0.25, 0.3) is 0 Å². The predicted molar refractivity (Wildman–Crippen MR) is 61.6 cm³/mol. The first kappa shape index (κ1) is 12.1. The summed E-state index contributed by atoms with van der Waals surface area (Å²) in [6.07, 6.45) is 5.35. The summed E-state index contributed by atoms with van der Waals surface area (Å²) in [6.45, 7) is 5.54. The van der Waals surface area contributed by atoms with E-state index in [1.54, 1.807) is 0 Å². The van der Waals surface area contributed by atoms with Gasteiger partial charge in [-0.25, -0.2) is 0 Å². The van der Waals surface area contributed by atoms with Crippen LogP contribution in [0.2, 0.25) is 0 Å². The molecule has 0 aliphatic rings. The van der Waals surface area contributed by atoms with E-state index in [0.717, 1.165) is 19.4 Å². The lowest BCUT2D eigenvalue weighted by atomic mass is 10.2. The number of hydrogen-bond donors (Lipinski definition) is 2. The average molecular weight is 208 g/mol. The summed E-state index contributed by atoms with van der Waals surface area (Å²) in [5.74, 6) is 0. The molecule has 0 aromatic carbocycles. The molecule has 15 heavy (non-hydrogen) atoms. The van der Waals surface area contributed by atoms with Crippen molar-refractivity contribution in [3.8, 4) is 0 Å². The molecule has 1 aromatic rings. The van der Waals surface area contributed by atoms with E-state index < -0.39 is 0 Å². The molecule has 1 rings (SSSR count). The molecule has 0 saturated heterocycles. The van der Waals surface area contributed by atoms with E-state index in [0.29, 0.717) is 6.54 Å². The van der Waals surface area contributed by atoms with Crippen molar-refractivity contribution in [1.29, 1.82) is 0 Å². The Labute approximate surface area is 91.5 Å². The standard InChI is InChI=1S/C12H20N2O/c1-3-4-12(15)9-14-8-11-5-10(2)6-13-7-11/h5-7,12,14-15H,3-4,8-9H2,1-2H3. The molecular weight excluding hydrogens is 188 g/mol. The highest BCUT2D eigenvalue weighted by atomic mass is 16.3. The van der Waals surface area contributed by atoms with Crippen molar-refractivity contribution in [2.45, 2.75) is 39.3 Å². The Morgan fingerprint density at radius 2 is 2.27 bits per heavy atom. The van der Waals surface area contributed by atoms with Crippen LogP contribution in [0.1, 0.15) is 30.9 Å². The van der Waals surface area contributed by atoms with Crippen LogP contribution in [0.15, 0.2) is 18.5 Å². The van der Waals surface area contributed by atoms with Crippen molar-refractivity contribution in [3.05, 3.63) is 29.6 Å². The fraction of sp³-hybridized carbons (Fsp3) is 0.583. The van der Waals surface area contributed by atoms with Gasteiger partial charge in [0.05, 0.1) is 6.10 Å². The first-order valence-corrected chi connectivity index (χ1v) is 5.51. The number of pyridine rings is 1. The highest BCUT2D eigenvalue weighted by Gasteiger charge is 2.01. The van der Waals surface area contributed by atoms with Gasteiger partial charge in [0, 0.05) is 25.5 Å². The first-order chi connectivity index (χ1) is 7.22. The van der Waals surface area contributed by atoms with E-state index in [2.05, 4.69) is 23.3 Å². The van der Waals surface area contributed by atoms with Crippen LogP contribution in [-0.4, -0.2) is 22.7 Å². The minimum absolute atomic E-state index is 0.229. The Hall–Kier alpha value is -0.930. The normalized spacial score (nSPS) is 12.7. The number of rotatable bonds is 6. The highest BCUT2D eigenvalue weighted by molar-refractivity contribution is 5.16. The Kier molecular flexibility index (Phi) is 5.29. The van der Waals surface area contributed by atoms with Gasteiger partial charge in [-0.3, -0.25) is 4.98 Å². The van der Waals surface area contributed by atoms with Gasteiger partial charge < -0.3 is 10.4 Å². The van der Waals surface area contributed by atoms with Crippen molar-refractivity contribution < 1.29 is 5.11 Å². The fourth-order valence-electron chi connectivity index (χ4n) is 1.53. The number of nitrogens with zero attached hydrogens (tertiary/aromatic N) is 1. The lowest BCUT2D eigenvalue weighted by Crippen LogP contribution is -2.26. The van der Waals surface area contributed by atoms with Crippen LogP contribution < -0.4 is 5.32 Å². The maximum atomic E-state index is 9.50. The van der Waals surface area contributed by atoms with Gasteiger partial charge in [0.2, 0.25) is 0 Å². The topological polar surface area (TPSA) is 45.1 Å². The van der Waals surface area contributed by atoms with E-state index in [9.17, 15) is 5.11 Å². The second kappa shape index (κ2) is 6.53. The molecule has 1 aromatic heterocycles. The lowest BCUT2D eigenvalue weighted by molar-refractivity contribution is 0.160. The number of aliphatic hydroxyl groups is 1. The Balaban J connectivity index is 2.25. The van der Waals surface area contributed by atoms with Gasteiger partial charge in [-0.15, -0.1) is 0 Å². The van der Waals surface area contributed by atoms with Crippen LogP contribution in [-0.2, 0) is 6.54 Å². The molecular formula is C12H20N2O. The Morgan fingerprint density at radius 1 is 1.47 bits per heavy atom. The van der Waals surface area contributed by atoms with Crippen LogP contribution in [0.3, 0.4) is 0 Å². The summed E-state index contributed by atoms with van der Waals surface area (Å²) >= 11 is 0. The minimum Gasteiger partial charge on any atom is -0.392 e. The quantitative estimate of drug-likeness (QED) is 0.747. The molecule has 1 heterocycles. The third-order valence-corrected chi connectivity index (χ3v) is 2.26. The third kappa shape index (κ3) is 4.91. The molecule has 1 atom stereocenters. The van der Waals surface area contributed by atoms with Crippen molar-refractivity contribution in [2.24, 2.45) is 0 Å². The minimum atomic E-state index is -0.229. The highest BCUT2D eigenvalue weighted by Crippen LogP contribution is 2.01. The van der Waals surface area contributed by atoms with Crippen LogP contribution in [0.4, 0.5) is 0 Å². The van der Waals surface area contributed by atoms with E-state index in [-0.39, 0.29) is 6.10 Å². The fourth-order valence-corrected chi connectivity index (χ4v) is 1.53. The van der Waals surface area contributed by atoms with Gasteiger partial charge in [0.1, 0.15) is 0 Å². The van der Waals surface area contributed by atoms with Crippen molar-refractivity contribution in [2.75, 3.05) is 6.54 Å². The molecule has 3 nitrogen and oxygen atoms in total. The zero-order valence-corrected chi connectivity index (χ0v) is 9.53. The van der Waals surface area contributed by atoms with Crippen molar-refractivity contribution in [1.82, 2.24) is 10.3 Å². The summed E-state index contributed by atoms with van der Waals surface area (Å²) in [6, 6.07) is 2.10. The molecule has 3 heteroatoms. The molecule has 0 saturated carbocycles. The molecule has 0 spiro atoms. The van der Waals surface area contributed by atoms with E-state index >= 15 is 0 Å². The number of aryl methyl sites for hydroxylation is 1. The summed E-state index contributed by atoms with van der Waals surface area (Å²) in [5.41, 5.74) is 2.34. The SMILES string of the molecule is CCCC(O)CNCc1cncc(C)c1. The zero-order valence-electron chi connectivity index (χ0n) is 9.53. The maximum absolute atomic E-state index is 9.50. The molecule has 84 valence electrons. The summed E-state index contributed by atoms with van der Waals surface area (Å²) in [5, 5.41) is 12.7. The van der Waals surface area contributed by atoms with Crippen LogP contribution in [0.25, 0.3) is 0 Å². The van der Waals surface area contributed by atoms with Crippen LogP contribution in [0, 0.1) is 6.92 Å². The molecule has 1 unspecified atom stereocenters. The van der Waals surface area contributed by atoms with Gasteiger partial charge in [-0.1, -0.05) is 19.4 Å². The molecule has 2 N–H and O–H groups in total. The first-order valence-electron chi connectivity index (χ1n) is 5.51. The molecule has 0 aliphatic heterocycles. The molecule has 0 radical (unpaired) electrons. The Morgan fingerprint density at radius 3 is 2.93 bits per heavy atom. The zero-order chi connectivity index (χ0) is 11.1. The largest absolute Gasteiger partial charge is 0.392 e. The summed E-state index contributed by atoms with van der Waals surface area (Å²) in [4.78, 5) is 4.12. The van der Waals surface area contributed by atoms with Gasteiger partial charge >= 0.3 is 0 Å². The molecule has 0 fully saturated rings. The third-order valence-electron chi connectivity index (χ3n) is 2.26. The molecule has 0 bridgehead atoms. The van der Waals surface area contributed by atoms with Crippen molar-refractivity contribution >= 4 is 0 Å². The van der Waals surface area contributed by atoms with E-state index in [1.807, 2.05) is 19.3 Å². The average Bonchev–Trinajstić information content (AvgIpc) is 2.18. The van der Waals surface area contributed by atoms with Gasteiger partial charge in [-0.2, -0.15) is 0 Å². The van der Waals surface area contributed by atoms with Crippen LogP contribution in [0.5, 0.6) is 0 Å². The molecule has 0 aliphatic carbocycles. The van der Waals surface area contributed by atoms with Crippen molar-refractivity contribution in [3.63, 3.8) is 0 Å². The van der Waals surface area contributed by atoms with Gasteiger partial charge in [-0.05, 0) is 24.5 Å². The lowest BCUT2D eigenvalue weighted by Gasteiger charge is -2.10. The predicted octanol–water partition coefficient (Wildman–Crippen LogP) is 1.64. The number of aromatic nitrogens is 1. The monoisotopic (exact) mass is 208 g/mol. The number of aliphatic hydroxyl groups excluding tert-OH is 1. The van der Waals surface area contributed by atoms with E-state index in [4.69, 9.17) is 0 Å². The number of hydrogen-bond acceptors (Lipinski definition) is 3. The summed E-state index contributed by atoms with van der Waals surface area (Å²) < 4.78 is 0. The maximum Gasteiger partial charge on any atom is 0.0664 e. The smallest absolute Gasteiger partial charge is 0.0664 e. The number of nitrogens with one attached hydrogen (secondary N) is 1. The van der Waals surface area contributed by atoms with Gasteiger partial charge in [0.15, 0.2) is 0 Å². The second-order valence-electron chi connectivity index (χ2n) is 3.94. The Bertz CT molecular complexity index is 289. The summed E-state index contributed by atoms with van der Waals surface area (Å²) in [7, 11) is 0.